The predicted octanol–water partition coefficient (Wildman–Crippen LogP) is 4.44. The first-order valence-electron chi connectivity index (χ1n) is 6.52. The second-order valence-electron chi connectivity index (χ2n) is 5.21. The third-order valence-corrected chi connectivity index (χ3v) is 4.25. The monoisotopic (exact) mass is 260 g/mol. The van der Waals surface area contributed by atoms with Crippen molar-refractivity contribution in [1.82, 2.24) is 4.98 Å². The molecule has 1 aliphatic carbocycles. The van der Waals surface area contributed by atoms with Crippen LogP contribution in [0.1, 0.15) is 42.9 Å². The van der Waals surface area contributed by atoms with Crippen molar-refractivity contribution < 1.29 is 0 Å². The van der Waals surface area contributed by atoms with Gasteiger partial charge in [-0.15, -0.1) is 0 Å². The summed E-state index contributed by atoms with van der Waals surface area (Å²) < 4.78 is 0. The number of nitrogens with two attached hydrogens (primary N) is 1. The predicted molar refractivity (Wildman–Crippen MR) is 77.1 cm³/mol. The first-order chi connectivity index (χ1) is 8.66. The number of fused-ring (bicyclic) bond motifs is 1. The first kappa shape index (κ1) is 11.8. The zero-order valence-electron chi connectivity index (χ0n) is 10.5. The highest BCUT2D eigenvalue weighted by molar-refractivity contribution is 6.35. The van der Waals surface area contributed by atoms with Gasteiger partial charge >= 0.3 is 0 Å². The molecule has 0 spiro atoms. The minimum Gasteiger partial charge on any atom is -0.398 e. The molecule has 0 atom stereocenters. The lowest BCUT2D eigenvalue weighted by molar-refractivity contribution is 0.701. The molecule has 0 bridgehead atoms. The van der Waals surface area contributed by atoms with Gasteiger partial charge < -0.3 is 5.73 Å². The molecule has 0 aliphatic heterocycles. The van der Waals surface area contributed by atoms with Crippen LogP contribution in [0.3, 0.4) is 0 Å². The van der Waals surface area contributed by atoms with Crippen molar-refractivity contribution in [2.75, 3.05) is 5.73 Å². The molecule has 0 amide bonds. The lowest BCUT2D eigenvalue weighted by atomic mass is 10.00. The molecule has 1 fully saturated rings. The standard InChI is InChI=1S/C15H17ClN2/c1-9-6-7-11(16)15-14(9)12(17)8-13(18-15)10-4-2-3-5-10/h6-8,10H,2-5H2,1H3,(H2,17,18). The van der Waals surface area contributed by atoms with Crippen LogP contribution in [0.15, 0.2) is 18.2 Å². The molecule has 2 N–H and O–H groups in total. The molecular weight excluding hydrogens is 244 g/mol. The summed E-state index contributed by atoms with van der Waals surface area (Å²) in [6.07, 6.45) is 5.04. The Morgan fingerprint density at radius 3 is 2.72 bits per heavy atom. The quantitative estimate of drug-likeness (QED) is 0.823. The van der Waals surface area contributed by atoms with E-state index in [1.54, 1.807) is 0 Å². The molecule has 1 aliphatic rings. The summed E-state index contributed by atoms with van der Waals surface area (Å²) in [5.74, 6) is 0.563. The maximum atomic E-state index is 6.26. The Balaban J connectivity index is 2.23. The summed E-state index contributed by atoms with van der Waals surface area (Å²) in [4.78, 5) is 4.77. The van der Waals surface area contributed by atoms with Gasteiger partial charge in [0.25, 0.3) is 0 Å². The SMILES string of the molecule is Cc1ccc(Cl)c2nc(C3CCCC3)cc(N)c12. The van der Waals surface area contributed by atoms with Crippen molar-refractivity contribution in [2.24, 2.45) is 0 Å². The van der Waals surface area contributed by atoms with Crippen molar-refractivity contribution in [3.05, 3.63) is 34.5 Å². The van der Waals surface area contributed by atoms with Gasteiger partial charge in [0.05, 0.1) is 10.5 Å². The molecule has 2 nitrogen and oxygen atoms in total. The van der Waals surface area contributed by atoms with E-state index in [4.69, 9.17) is 22.3 Å². The fourth-order valence-corrected chi connectivity index (χ4v) is 3.16. The molecule has 3 rings (SSSR count). The third-order valence-electron chi connectivity index (χ3n) is 3.94. The number of halogens is 1. The zero-order chi connectivity index (χ0) is 12.7. The Morgan fingerprint density at radius 2 is 2.00 bits per heavy atom. The number of rotatable bonds is 1. The third kappa shape index (κ3) is 1.85. The molecule has 94 valence electrons. The van der Waals surface area contributed by atoms with Gasteiger partial charge in [-0.2, -0.15) is 0 Å². The Kier molecular flexibility index (Phi) is 2.90. The first-order valence-corrected chi connectivity index (χ1v) is 6.90. The van der Waals surface area contributed by atoms with E-state index in [2.05, 4.69) is 0 Å². The van der Waals surface area contributed by atoms with Gasteiger partial charge in [0.1, 0.15) is 0 Å². The summed E-state index contributed by atoms with van der Waals surface area (Å²) in [6.45, 7) is 2.05. The number of hydrogen-bond acceptors (Lipinski definition) is 2. The van der Waals surface area contributed by atoms with Crippen LogP contribution in [0.4, 0.5) is 5.69 Å². The molecule has 2 aromatic rings. The van der Waals surface area contributed by atoms with Gasteiger partial charge in [-0.05, 0) is 37.5 Å². The van der Waals surface area contributed by atoms with E-state index in [-0.39, 0.29) is 0 Å². The van der Waals surface area contributed by atoms with E-state index in [1.807, 2.05) is 25.1 Å². The number of hydrogen-bond donors (Lipinski definition) is 1. The van der Waals surface area contributed by atoms with Crippen LogP contribution in [-0.2, 0) is 0 Å². The number of anilines is 1. The Hall–Kier alpha value is -1.28. The zero-order valence-corrected chi connectivity index (χ0v) is 11.3. The highest BCUT2D eigenvalue weighted by atomic mass is 35.5. The van der Waals surface area contributed by atoms with Crippen LogP contribution in [0, 0.1) is 6.92 Å². The molecule has 1 aromatic carbocycles. The van der Waals surface area contributed by atoms with Crippen molar-refractivity contribution >= 4 is 28.2 Å². The second-order valence-corrected chi connectivity index (χ2v) is 5.61. The second kappa shape index (κ2) is 4.43. The molecule has 1 aromatic heterocycles. The molecule has 0 saturated heterocycles. The van der Waals surface area contributed by atoms with Crippen LogP contribution in [0.2, 0.25) is 5.02 Å². The largest absolute Gasteiger partial charge is 0.398 e. The van der Waals surface area contributed by atoms with Crippen molar-refractivity contribution in [1.29, 1.82) is 0 Å². The highest BCUT2D eigenvalue weighted by Gasteiger charge is 2.20. The molecule has 1 saturated carbocycles. The molecule has 18 heavy (non-hydrogen) atoms. The van der Waals surface area contributed by atoms with Crippen molar-refractivity contribution in [3.8, 4) is 0 Å². The van der Waals surface area contributed by atoms with Crippen molar-refractivity contribution in [2.45, 2.75) is 38.5 Å². The highest BCUT2D eigenvalue weighted by Crippen LogP contribution is 2.37. The van der Waals surface area contributed by atoms with Gasteiger partial charge in [-0.1, -0.05) is 30.5 Å². The topological polar surface area (TPSA) is 38.9 Å². The Labute approximate surface area is 112 Å². The van der Waals surface area contributed by atoms with Crippen LogP contribution in [-0.4, -0.2) is 4.98 Å². The van der Waals surface area contributed by atoms with E-state index >= 15 is 0 Å². The molecule has 3 heteroatoms. The Morgan fingerprint density at radius 1 is 1.28 bits per heavy atom. The summed E-state index contributed by atoms with van der Waals surface area (Å²) >= 11 is 6.26. The van der Waals surface area contributed by atoms with Crippen molar-refractivity contribution in [3.63, 3.8) is 0 Å². The summed E-state index contributed by atoms with van der Waals surface area (Å²) in [5, 5.41) is 1.70. The summed E-state index contributed by atoms with van der Waals surface area (Å²) in [7, 11) is 0. The number of nitrogens with zero attached hydrogens (tertiary/aromatic N) is 1. The maximum absolute atomic E-state index is 6.26. The van der Waals surface area contributed by atoms with E-state index in [9.17, 15) is 0 Å². The number of benzene rings is 1. The lowest BCUT2D eigenvalue weighted by Gasteiger charge is -2.13. The maximum Gasteiger partial charge on any atom is 0.0914 e. The van der Waals surface area contributed by atoms with Crippen LogP contribution < -0.4 is 5.73 Å². The molecular formula is C15H17ClN2. The number of aromatic nitrogens is 1. The van der Waals surface area contributed by atoms with E-state index in [1.165, 1.54) is 25.7 Å². The average molecular weight is 261 g/mol. The van der Waals surface area contributed by atoms with E-state index in [0.29, 0.717) is 10.9 Å². The number of pyridine rings is 1. The fraction of sp³-hybridized carbons (Fsp3) is 0.400. The van der Waals surface area contributed by atoms with Gasteiger partial charge in [0, 0.05) is 22.7 Å². The molecule has 0 unspecified atom stereocenters. The number of aryl methyl sites for hydroxylation is 1. The van der Waals surface area contributed by atoms with E-state index < -0.39 is 0 Å². The fourth-order valence-electron chi connectivity index (χ4n) is 2.96. The smallest absolute Gasteiger partial charge is 0.0914 e. The summed E-state index contributed by atoms with van der Waals surface area (Å²) in [5.41, 5.74) is 10.1. The molecule has 0 radical (unpaired) electrons. The van der Waals surface area contributed by atoms with Gasteiger partial charge in [-0.25, -0.2) is 0 Å². The van der Waals surface area contributed by atoms with Crippen LogP contribution in [0.5, 0.6) is 0 Å². The Bertz CT molecular complexity index is 601. The molecule has 1 heterocycles. The van der Waals surface area contributed by atoms with Crippen LogP contribution >= 0.6 is 11.6 Å². The normalized spacial score (nSPS) is 16.6. The van der Waals surface area contributed by atoms with Gasteiger partial charge in [0.15, 0.2) is 0 Å². The number of nitrogen functional groups attached to an aromatic ring is 1. The van der Waals surface area contributed by atoms with Gasteiger partial charge in [-0.3, -0.25) is 4.98 Å². The van der Waals surface area contributed by atoms with Crippen LogP contribution in [0.25, 0.3) is 10.9 Å². The average Bonchev–Trinajstić information content (AvgIpc) is 2.87. The lowest BCUT2D eigenvalue weighted by Crippen LogP contribution is -2.01. The summed E-state index contributed by atoms with van der Waals surface area (Å²) in [6, 6.07) is 5.95. The van der Waals surface area contributed by atoms with Gasteiger partial charge in [0.2, 0.25) is 0 Å². The minimum atomic E-state index is 0.563. The van der Waals surface area contributed by atoms with E-state index in [0.717, 1.165) is 27.8 Å². The minimum absolute atomic E-state index is 0.563.